The Kier molecular flexibility index (Phi) is 6.08. The van der Waals surface area contributed by atoms with Crippen LogP contribution < -0.4 is 4.90 Å². The summed E-state index contributed by atoms with van der Waals surface area (Å²) in [5.41, 5.74) is 4.82. The molecule has 0 unspecified atom stereocenters. The number of hydrogen-bond donors (Lipinski definition) is 0. The zero-order valence-electron chi connectivity index (χ0n) is 18.1. The number of benzene rings is 2. The number of aryl methyl sites for hydroxylation is 2. The van der Waals surface area contributed by atoms with E-state index in [1.807, 2.05) is 32.0 Å². The van der Waals surface area contributed by atoms with Crippen molar-refractivity contribution in [2.24, 2.45) is 0 Å². The second-order valence-corrected chi connectivity index (χ2v) is 10.8. The van der Waals surface area contributed by atoms with Crippen LogP contribution in [-0.4, -0.2) is 30.5 Å². The smallest absolute Gasteiger partial charge is 0.233 e. The maximum absolute atomic E-state index is 13.4. The monoisotopic (exact) mass is 465 g/mol. The van der Waals surface area contributed by atoms with Crippen LogP contribution in [0.25, 0.3) is 10.2 Å². The molecule has 0 radical (unpaired) electrons. The SMILES string of the molecule is Cc1ccc2sc(N(Cc3cccnc3)C(=O)Cc3ccc(S(C)(=O)=O)cc3)nc2c1C. The summed E-state index contributed by atoms with van der Waals surface area (Å²) in [6.45, 7) is 4.44. The lowest BCUT2D eigenvalue weighted by Gasteiger charge is -2.20. The predicted octanol–water partition coefficient (Wildman–Crippen LogP) is 4.49. The van der Waals surface area contributed by atoms with E-state index in [9.17, 15) is 13.2 Å². The highest BCUT2D eigenvalue weighted by atomic mass is 32.2. The first-order chi connectivity index (χ1) is 15.2. The van der Waals surface area contributed by atoms with E-state index < -0.39 is 9.84 Å². The number of fused-ring (bicyclic) bond motifs is 1. The first-order valence-corrected chi connectivity index (χ1v) is 12.8. The van der Waals surface area contributed by atoms with Gasteiger partial charge in [-0.05, 0) is 60.4 Å². The molecule has 2 aromatic carbocycles. The molecule has 0 fully saturated rings. The predicted molar refractivity (Wildman–Crippen MR) is 128 cm³/mol. The lowest BCUT2D eigenvalue weighted by molar-refractivity contribution is -0.118. The average molecular weight is 466 g/mol. The zero-order chi connectivity index (χ0) is 22.9. The van der Waals surface area contributed by atoms with E-state index in [0.29, 0.717) is 11.7 Å². The first kappa shape index (κ1) is 22.1. The molecule has 0 bridgehead atoms. The molecule has 164 valence electrons. The molecule has 0 saturated carbocycles. The van der Waals surface area contributed by atoms with Gasteiger partial charge in [0.2, 0.25) is 5.91 Å². The molecule has 0 N–H and O–H groups in total. The number of hydrogen-bond acceptors (Lipinski definition) is 6. The third kappa shape index (κ3) is 4.71. The van der Waals surface area contributed by atoms with Gasteiger partial charge in [-0.15, -0.1) is 0 Å². The number of anilines is 1. The number of carbonyl (C=O) groups is 1. The second-order valence-electron chi connectivity index (χ2n) is 7.78. The highest BCUT2D eigenvalue weighted by Gasteiger charge is 2.22. The number of thiazole rings is 1. The van der Waals surface area contributed by atoms with E-state index in [0.717, 1.165) is 32.5 Å². The van der Waals surface area contributed by atoms with Crippen molar-refractivity contribution < 1.29 is 13.2 Å². The van der Waals surface area contributed by atoms with E-state index in [-0.39, 0.29) is 17.2 Å². The van der Waals surface area contributed by atoms with Crippen LogP contribution in [0.4, 0.5) is 5.13 Å². The van der Waals surface area contributed by atoms with Gasteiger partial charge in [0.05, 0.1) is 28.1 Å². The van der Waals surface area contributed by atoms with Crippen LogP contribution in [0.15, 0.2) is 65.8 Å². The van der Waals surface area contributed by atoms with Crippen molar-refractivity contribution in [3.05, 3.63) is 83.2 Å². The van der Waals surface area contributed by atoms with Crippen LogP contribution in [-0.2, 0) is 27.6 Å². The molecule has 0 saturated heterocycles. The van der Waals surface area contributed by atoms with Crippen molar-refractivity contribution in [2.75, 3.05) is 11.2 Å². The van der Waals surface area contributed by atoms with Gasteiger partial charge in [-0.1, -0.05) is 35.6 Å². The van der Waals surface area contributed by atoms with Gasteiger partial charge in [0, 0.05) is 18.6 Å². The Morgan fingerprint density at radius 1 is 1.03 bits per heavy atom. The van der Waals surface area contributed by atoms with Crippen molar-refractivity contribution in [3.63, 3.8) is 0 Å². The Labute approximate surface area is 191 Å². The number of sulfone groups is 1. The van der Waals surface area contributed by atoms with E-state index >= 15 is 0 Å². The zero-order valence-corrected chi connectivity index (χ0v) is 19.7. The van der Waals surface area contributed by atoms with Crippen LogP contribution in [0, 0.1) is 13.8 Å². The second kappa shape index (κ2) is 8.80. The molecule has 6 nitrogen and oxygen atoms in total. The minimum Gasteiger partial charge on any atom is -0.283 e. The molecule has 0 spiro atoms. The Balaban J connectivity index is 1.68. The number of nitrogens with zero attached hydrogens (tertiary/aromatic N) is 3. The van der Waals surface area contributed by atoms with Gasteiger partial charge in [0.25, 0.3) is 0 Å². The summed E-state index contributed by atoms with van der Waals surface area (Å²) in [6, 6.07) is 14.3. The van der Waals surface area contributed by atoms with Crippen molar-refractivity contribution in [1.29, 1.82) is 0 Å². The third-order valence-electron chi connectivity index (χ3n) is 5.38. The fraction of sp³-hybridized carbons (Fsp3) is 0.208. The highest BCUT2D eigenvalue weighted by Crippen LogP contribution is 2.33. The average Bonchev–Trinajstić information content (AvgIpc) is 3.20. The molecule has 8 heteroatoms. The van der Waals surface area contributed by atoms with E-state index in [1.165, 1.54) is 29.7 Å². The van der Waals surface area contributed by atoms with Crippen LogP contribution in [0.2, 0.25) is 0 Å². The van der Waals surface area contributed by atoms with Crippen molar-refractivity contribution in [2.45, 2.75) is 31.7 Å². The number of pyridine rings is 1. The molecule has 0 atom stereocenters. The molecule has 32 heavy (non-hydrogen) atoms. The minimum absolute atomic E-state index is 0.116. The summed E-state index contributed by atoms with van der Waals surface area (Å²) in [5, 5.41) is 0.635. The molecular weight excluding hydrogens is 442 g/mol. The molecule has 0 aliphatic rings. The largest absolute Gasteiger partial charge is 0.283 e. The van der Waals surface area contributed by atoms with Crippen LogP contribution in [0.3, 0.4) is 0 Å². The van der Waals surface area contributed by atoms with E-state index in [4.69, 9.17) is 4.98 Å². The number of rotatable bonds is 6. The fourth-order valence-electron chi connectivity index (χ4n) is 3.39. The normalized spacial score (nSPS) is 11.6. The van der Waals surface area contributed by atoms with Crippen LogP contribution in [0.5, 0.6) is 0 Å². The summed E-state index contributed by atoms with van der Waals surface area (Å²) in [7, 11) is -3.28. The van der Waals surface area contributed by atoms with Crippen molar-refractivity contribution >= 4 is 42.4 Å². The van der Waals surface area contributed by atoms with Gasteiger partial charge in [-0.2, -0.15) is 0 Å². The van der Waals surface area contributed by atoms with Gasteiger partial charge < -0.3 is 0 Å². The van der Waals surface area contributed by atoms with Crippen molar-refractivity contribution in [3.8, 4) is 0 Å². The Morgan fingerprint density at radius 3 is 2.44 bits per heavy atom. The van der Waals surface area contributed by atoms with Gasteiger partial charge in [-0.3, -0.25) is 14.7 Å². The number of amides is 1. The molecule has 0 aliphatic heterocycles. The summed E-state index contributed by atoms with van der Waals surface area (Å²) >= 11 is 1.49. The Bertz CT molecular complexity index is 1380. The minimum atomic E-state index is -3.28. The molecule has 4 rings (SSSR count). The van der Waals surface area contributed by atoms with Gasteiger partial charge >= 0.3 is 0 Å². The number of aromatic nitrogens is 2. The summed E-state index contributed by atoms with van der Waals surface area (Å²) in [5.74, 6) is -0.116. The number of carbonyl (C=O) groups excluding carboxylic acids is 1. The quantitative estimate of drug-likeness (QED) is 0.419. The highest BCUT2D eigenvalue weighted by molar-refractivity contribution is 7.90. The third-order valence-corrected chi connectivity index (χ3v) is 7.55. The summed E-state index contributed by atoms with van der Waals surface area (Å²) in [4.78, 5) is 24.3. The maximum atomic E-state index is 13.4. The Morgan fingerprint density at radius 2 is 1.78 bits per heavy atom. The molecule has 2 heterocycles. The van der Waals surface area contributed by atoms with Crippen LogP contribution in [0.1, 0.15) is 22.3 Å². The molecular formula is C24H23N3O3S2. The maximum Gasteiger partial charge on any atom is 0.233 e. The topological polar surface area (TPSA) is 80.2 Å². The summed E-state index contributed by atoms with van der Waals surface area (Å²) in [6.07, 6.45) is 4.74. The molecule has 4 aromatic rings. The first-order valence-electron chi connectivity index (χ1n) is 10.1. The van der Waals surface area contributed by atoms with Gasteiger partial charge in [0.15, 0.2) is 15.0 Å². The van der Waals surface area contributed by atoms with Crippen LogP contribution >= 0.6 is 11.3 Å². The molecule has 1 amide bonds. The van der Waals surface area contributed by atoms with Gasteiger partial charge in [-0.25, -0.2) is 13.4 Å². The standard InChI is InChI=1S/C24H23N3O3S2/c1-16-6-11-21-23(17(16)2)26-24(31-21)27(15-19-5-4-12-25-14-19)22(28)13-18-7-9-20(10-8-18)32(3,29)30/h4-12,14H,13,15H2,1-3H3. The van der Waals surface area contributed by atoms with Crippen molar-refractivity contribution in [1.82, 2.24) is 9.97 Å². The van der Waals surface area contributed by atoms with E-state index in [1.54, 1.807) is 29.4 Å². The lowest BCUT2D eigenvalue weighted by atomic mass is 10.1. The molecule has 2 aromatic heterocycles. The summed E-state index contributed by atoms with van der Waals surface area (Å²) < 4.78 is 24.5. The lowest BCUT2D eigenvalue weighted by Crippen LogP contribution is -2.31. The Hall–Kier alpha value is -3.10. The van der Waals surface area contributed by atoms with E-state index in [2.05, 4.69) is 11.1 Å². The molecule has 0 aliphatic carbocycles. The fourth-order valence-corrected chi connectivity index (χ4v) is 5.06. The van der Waals surface area contributed by atoms with Gasteiger partial charge in [0.1, 0.15) is 0 Å².